The fourth-order valence-electron chi connectivity index (χ4n) is 4.23. The minimum absolute atomic E-state index is 0. The molecule has 178 valence electrons. The van der Waals surface area contributed by atoms with Gasteiger partial charge in [-0.1, -0.05) is 12.1 Å². The molecule has 0 amide bonds. The summed E-state index contributed by atoms with van der Waals surface area (Å²) in [6, 6.07) is 8.68. The minimum atomic E-state index is -1.15. The average molecular weight is 559 g/mol. The van der Waals surface area contributed by atoms with Crippen LogP contribution in [0.2, 0.25) is 0 Å². The lowest BCUT2D eigenvalue weighted by atomic mass is 9.74. The number of nitrogens with zero attached hydrogens (tertiary/aromatic N) is 1. The molecule has 0 bridgehead atoms. The summed E-state index contributed by atoms with van der Waals surface area (Å²) < 4.78 is 25.1. The molecule has 2 aromatic rings. The SMILES string of the molecule is CCNC(=NCC(C)(O)c1cc(C)oc1C)NCC1(c2cccc(F)c2)CCOCC1.I. The van der Waals surface area contributed by atoms with Crippen molar-refractivity contribution in [1.82, 2.24) is 10.6 Å². The zero-order valence-corrected chi connectivity index (χ0v) is 21.7. The predicted molar refractivity (Wildman–Crippen MR) is 135 cm³/mol. The van der Waals surface area contributed by atoms with Gasteiger partial charge in [-0.05, 0) is 64.3 Å². The van der Waals surface area contributed by atoms with E-state index in [1.165, 1.54) is 6.07 Å². The molecule has 3 rings (SSSR count). The molecule has 1 saturated heterocycles. The number of halogens is 2. The Morgan fingerprint density at radius 2 is 1.94 bits per heavy atom. The molecule has 3 N–H and O–H groups in total. The molecule has 1 fully saturated rings. The zero-order valence-electron chi connectivity index (χ0n) is 19.3. The van der Waals surface area contributed by atoms with Gasteiger partial charge in [-0.15, -0.1) is 24.0 Å². The first-order valence-electron chi connectivity index (χ1n) is 10.9. The van der Waals surface area contributed by atoms with Gasteiger partial charge in [0.1, 0.15) is 22.9 Å². The predicted octanol–water partition coefficient (Wildman–Crippen LogP) is 4.16. The standard InChI is InChI=1S/C24H34FN3O3.HI/c1-5-26-22(27-15-23(4,29)21-13-17(2)31-18(21)3)28-16-24(9-11-30-12-10-24)19-7-6-8-20(25)14-19;/h6-8,13-14,29H,5,9-12,15-16H2,1-4H3,(H2,26,27,28);1H. The van der Waals surface area contributed by atoms with Crippen LogP contribution in [0.25, 0.3) is 0 Å². The molecule has 2 heterocycles. The number of nitrogens with one attached hydrogen (secondary N) is 2. The monoisotopic (exact) mass is 559 g/mol. The summed E-state index contributed by atoms with van der Waals surface area (Å²) in [5.74, 6) is 1.84. The van der Waals surface area contributed by atoms with Crippen LogP contribution in [0.4, 0.5) is 4.39 Å². The molecule has 0 radical (unpaired) electrons. The topological polar surface area (TPSA) is 79.0 Å². The fourth-order valence-corrected chi connectivity index (χ4v) is 4.23. The van der Waals surface area contributed by atoms with Gasteiger partial charge in [-0.3, -0.25) is 0 Å². The van der Waals surface area contributed by atoms with Crippen LogP contribution in [0.3, 0.4) is 0 Å². The largest absolute Gasteiger partial charge is 0.466 e. The summed E-state index contributed by atoms with van der Waals surface area (Å²) in [5.41, 5.74) is 0.321. The van der Waals surface area contributed by atoms with Crippen molar-refractivity contribution in [1.29, 1.82) is 0 Å². The van der Waals surface area contributed by atoms with Gasteiger partial charge in [-0.2, -0.15) is 0 Å². The highest BCUT2D eigenvalue weighted by Gasteiger charge is 2.35. The maximum absolute atomic E-state index is 13.9. The Kier molecular flexibility index (Phi) is 9.53. The van der Waals surface area contributed by atoms with Crippen LogP contribution < -0.4 is 10.6 Å². The van der Waals surface area contributed by atoms with E-state index in [1.807, 2.05) is 32.9 Å². The minimum Gasteiger partial charge on any atom is -0.466 e. The molecule has 0 saturated carbocycles. The highest BCUT2D eigenvalue weighted by molar-refractivity contribution is 14.0. The van der Waals surface area contributed by atoms with Crippen LogP contribution in [0, 0.1) is 19.7 Å². The summed E-state index contributed by atoms with van der Waals surface area (Å²) in [6.07, 6.45) is 1.60. The van der Waals surface area contributed by atoms with Gasteiger partial charge >= 0.3 is 0 Å². The Morgan fingerprint density at radius 1 is 1.22 bits per heavy atom. The summed E-state index contributed by atoms with van der Waals surface area (Å²) in [7, 11) is 0. The van der Waals surface area contributed by atoms with Gasteiger partial charge in [0, 0.05) is 37.3 Å². The smallest absolute Gasteiger partial charge is 0.191 e. The van der Waals surface area contributed by atoms with E-state index in [1.54, 1.807) is 19.1 Å². The van der Waals surface area contributed by atoms with Gasteiger partial charge in [0.15, 0.2) is 5.96 Å². The van der Waals surface area contributed by atoms with E-state index in [4.69, 9.17) is 9.15 Å². The Labute approximate surface area is 207 Å². The first-order chi connectivity index (χ1) is 14.8. The fraction of sp³-hybridized carbons (Fsp3) is 0.542. The second-order valence-electron chi connectivity index (χ2n) is 8.55. The lowest BCUT2D eigenvalue weighted by Crippen LogP contribution is -2.48. The summed E-state index contributed by atoms with van der Waals surface area (Å²) in [6.45, 7) is 10.2. The molecule has 32 heavy (non-hydrogen) atoms. The first kappa shape index (κ1) is 26.6. The van der Waals surface area contributed by atoms with E-state index >= 15 is 0 Å². The van der Waals surface area contributed by atoms with E-state index in [9.17, 15) is 9.50 Å². The molecule has 0 spiro atoms. The molecule has 1 aliphatic rings. The van der Waals surface area contributed by atoms with Crippen LogP contribution in [0.1, 0.15) is 49.3 Å². The van der Waals surface area contributed by atoms with Gasteiger partial charge < -0.3 is 24.9 Å². The third-order valence-corrected chi connectivity index (χ3v) is 5.99. The number of guanidine groups is 1. The Morgan fingerprint density at radius 3 is 2.53 bits per heavy atom. The van der Waals surface area contributed by atoms with Crippen LogP contribution in [0.15, 0.2) is 39.7 Å². The molecule has 1 aromatic carbocycles. The number of aryl methyl sites for hydroxylation is 2. The van der Waals surface area contributed by atoms with Crippen molar-refractivity contribution in [3.63, 3.8) is 0 Å². The molecule has 6 nitrogen and oxygen atoms in total. The maximum Gasteiger partial charge on any atom is 0.191 e. The van der Waals surface area contributed by atoms with Crippen LogP contribution in [0.5, 0.6) is 0 Å². The summed E-state index contributed by atoms with van der Waals surface area (Å²) in [5, 5.41) is 17.7. The van der Waals surface area contributed by atoms with Crippen molar-refractivity contribution in [3.8, 4) is 0 Å². The highest BCUT2D eigenvalue weighted by atomic mass is 127. The van der Waals surface area contributed by atoms with Crippen molar-refractivity contribution >= 4 is 29.9 Å². The number of aliphatic imine (C=N–C) groups is 1. The van der Waals surface area contributed by atoms with Crippen LogP contribution >= 0.6 is 24.0 Å². The number of aliphatic hydroxyl groups is 1. The Bertz CT molecular complexity index is 908. The van der Waals surface area contributed by atoms with Crippen LogP contribution in [-0.2, 0) is 15.8 Å². The third-order valence-electron chi connectivity index (χ3n) is 5.99. The number of hydrogen-bond acceptors (Lipinski definition) is 4. The normalized spacial score (nSPS) is 17.9. The van der Waals surface area contributed by atoms with Crippen molar-refractivity contribution in [2.24, 2.45) is 4.99 Å². The first-order valence-corrected chi connectivity index (χ1v) is 10.9. The Hall–Kier alpha value is -1.65. The lowest BCUT2D eigenvalue weighted by Gasteiger charge is -2.38. The number of ether oxygens (including phenoxy) is 1. The van der Waals surface area contributed by atoms with Gasteiger partial charge in [-0.25, -0.2) is 9.38 Å². The molecular formula is C24H35FIN3O3. The molecule has 1 aliphatic heterocycles. The zero-order chi connectivity index (χ0) is 22.5. The number of benzene rings is 1. The van der Waals surface area contributed by atoms with Crippen molar-refractivity contribution in [2.45, 2.75) is 51.6 Å². The molecule has 1 aromatic heterocycles. The van der Waals surface area contributed by atoms with E-state index < -0.39 is 5.60 Å². The lowest BCUT2D eigenvalue weighted by molar-refractivity contribution is 0.0512. The number of furan rings is 1. The maximum atomic E-state index is 13.9. The van der Waals surface area contributed by atoms with E-state index in [2.05, 4.69) is 15.6 Å². The second-order valence-corrected chi connectivity index (χ2v) is 8.55. The summed E-state index contributed by atoms with van der Waals surface area (Å²) >= 11 is 0. The van der Waals surface area contributed by atoms with Crippen LogP contribution in [-0.4, -0.2) is 43.9 Å². The molecule has 1 unspecified atom stereocenters. The van der Waals surface area contributed by atoms with Gasteiger partial charge in [0.2, 0.25) is 0 Å². The Balaban J connectivity index is 0.00000363. The molecular weight excluding hydrogens is 524 g/mol. The highest BCUT2D eigenvalue weighted by Crippen LogP contribution is 2.34. The van der Waals surface area contributed by atoms with Crippen molar-refractivity contribution < 1.29 is 18.7 Å². The summed E-state index contributed by atoms with van der Waals surface area (Å²) in [4.78, 5) is 4.64. The average Bonchev–Trinajstić information content (AvgIpc) is 3.10. The van der Waals surface area contributed by atoms with E-state index in [0.717, 1.165) is 29.7 Å². The van der Waals surface area contributed by atoms with Gasteiger partial charge in [0.05, 0.1) is 6.54 Å². The molecule has 0 aliphatic carbocycles. The second kappa shape index (κ2) is 11.5. The van der Waals surface area contributed by atoms with Crippen molar-refractivity contribution in [3.05, 3.63) is 58.8 Å². The third kappa shape index (κ3) is 6.45. The van der Waals surface area contributed by atoms with Gasteiger partial charge in [0.25, 0.3) is 0 Å². The van der Waals surface area contributed by atoms with E-state index in [0.29, 0.717) is 38.0 Å². The van der Waals surface area contributed by atoms with Crippen molar-refractivity contribution in [2.75, 3.05) is 32.8 Å². The van der Waals surface area contributed by atoms with E-state index in [-0.39, 0.29) is 41.8 Å². The number of hydrogen-bond donors (Lipinski definition) is 3. The number of rotatable bonds is 7. The molecule has 1 atom stereocenters. The molecule has 8 heteroatoms. The quantitative estimate of drug-likeness (QED) is 0.270.